The lowest BCUT2D eigenvalue weighted by Crippen LogP contribution is -2.57. The van der Waals surface area contributed by atoms with Crippen molar-refractivity contribution in [2.45, 2.75) is 39.0 Å². The predicted octanol–water partition coefficient (Wildman–Crippen LogP) is 2.71. The number of hydrogen-bond acceptors (Lipinski definition) is 7. The van der Waals surface area contributed by atoms with Crippen LogP contribution in [-0.2, 0) is 16.1 Å². The molecule has 2 heterocycles. The molecule has 1 aromatic rings. The zero-order valence-corrected chi connectivity index (χ0v) is 20.5. The summed E-state index contributed by atoms with van der Waals surface area (Å²) in [4.78, 5) is 20.9. The molecule has 2 aliphatic heterocycles. The number of guanidine groups is 1. The molecule has 8 nitrogen and oxygen atoms in total. The van der Waals surface area contributed by atoms with Crippen LogP contribution in [0, 0.1) is 0 Å². The fourth-order valence-electron chi connectivity index (χ4n) is 3.37. The van der Waals surface area contributed by atoms with Crippen LogP contribution in [0.15, 0.2) is 29.3 Å². The molecule has 168 valence electrons. The van der Waals surface area contributed by atoms with E-state index in [1.807, 2.05) is 45.0 Å². The maximum Gasteiger partial charge on any atom is 0.410 e. The van der Waals surface area contributed by atoms with Gasteiger partial charge in [0.25, 0.3) is 0 Å². The van der Waals surface area contributed by atoms with Crippen LogP contribution in [0.1, 0.15) is 26.3 Å². The first-order chi connectivity index (χ1) is 13.9. The maximum absolute atomic E-state index is 12.3. The van der Waals surface area contributed by atoms with Gasteiger partial charge in [0, 0.05) is 26.2 Å². The first-order valence-electron chi connectivity index (χ1n) is 10.1. The quantitative estimate of drug-likeness (QED) is 0.449. The summed E-state index contributed by atoms with van der Waals surface area (Å²) in [5.74, 6) is 1.74. The van der Waals surface area contributed by atoms with Crippen LogP contribution < -0.4 is 10.1 Å². The zero-order valence-electron chi connectivity index (χ0n) is 18.2. The number of amides is 1. The summed E-state index contributed by atoms with van der Waals surface area (Å²) >= 11 is 0. The number of aliphatic imine (C=N–C) groups is 1. The van der Waals surface area contributed by atoms with E-state index in [0.717, 1.165) is 23.8 Å². The number of benzene rings is 1. The van der Waals surface area contributed by atoms with Gasteiger partial charge in [0.15, 0.2) is 5.96 Å². The summed E-state index contributed by atoms with van der Waals surface area (Å²) in [6.07, 6.45) is -0.245. The molecule has 2 aliphatic rings. The lowest BCUT2D eigenvalue weighted by atomic mass is 10.2. The summed E-state index contributed by atoms with van der Waals surface area (Å²) < 4.78 is 16.4. The van der Waals surface area contributed by atoms with Crippen molar-refractivity contribution in [1.29, 1.82) is 0 Å². The predicted molar refractivity (Wildman–Crippen MR) is 127 cm³/mol. The monoisotopic (exact) mass is 532 g/mol. The van der Waals surface area contributed by atoms with Crippen molar-refractivity contribution in [1.82, 2.24) is 15.1 Å². The fourth-order valence-corrected chi connectivity index (χ4v) is 3.37. The van der Waals surface area contributed by atoms with Gasteiger partial charge in [-0.05, 0) is 38.5 Å². The molecule has 1 saturated heterocycles. The van der Waals surface area contributed by atoms with Gasteiger partial charge < -0.3 is 29.3 Å². The Morgan fingerprint density at radius 2 is 1.97 bits per heavy atom. The van der Waals surface area contributed by atoms with Crippen LogP contribution in [0.4, 0.5) is 4.79 Å². The standard InChI is InChI=1S/C21H32N4O4.HI/c1-21(2,3)29-20(26)24-10-11-25-17(14-24)13-23-19(25)22-9-12-28-15-16-5-7-18(27-4)8-6-16;/h5-8,17H,9-15H2,1-4H3,(H,22,23);1H. The van der Waals surface area contributed by atoms with Crippen molar-refractivity contribution in [3.8, 4) is 5.75 Å². The van der Waals surface area contributed by atoms with Crippen molar-refractivity contribution >= 4 is 36.0 Å². The van der Waals surface area contributed by atoms with E-state index in [4.69, 9.17) is 14.2 Å². The highest BCUT2D eigenvalue weighted by molar-refractivity contribution is 14.0. The van der Waals surface area contributed by atoms with Crippen LogP contribution in [-0.4, -0.2) is 79.9 Å². The van der Waals surface area contributed by atoms with Gasteiger partial charge in [0.1, 0.15) is 11.4 Å². The summed E-state index contributed by atoms with van der Waals surface area (Å²) in [5.41, 5.74) is 0.640. The molecule has 0 aliphatic carbocycles. The molecule has 30 heavy (non-hydrogen) atoms. The molecule has 1 N–H and O–H groups in total. The molecule has 0 saturated carbocycles. The Balaban J connectivity index is 0.00000320. The lowest BCUT2D eigenvalue weighted by Gasteiger charge is -2.39. The molecule has 0 radical (unpaired) electrons. The first kappa shape index (κ1) is 24.5. The highest BCUT2D eigenvalue weighted by Gasteiger charge is 2.36. The highest BCUT2D eigenvalue weighted by atomic mass is 127. The summed E-state index contributed by atoms with van der Waals surface area (Å²) in [6.45, 7) is 10.2. The average molecular weight is 532 g/mol. The van der Waals surface area contributed by atoms with Gasteiger partial charge in [-0.25, -0.2) is 4.79 Å². The van der Waals surface area contributed by atoms with Crippen LogP contribution in [0.5, 0.6) is 5.75 Å². The maximum atomic E-state index is 12.3. The minimum atomic E-state index is -0.473. The van der Waals surface area contributed by atoms with Gasteiger partial charge in [-0.1, -0.05) is 12.1 Å². The molecule has 1 atom stereocenters. The fraction of sp³-hybridized carbons (Fsp3) is 0.619. The van der Waals surface area contributed by atoms with Crippen molar-refractivity contribution in [2.24, 2.45) is 4.99 Å². The molecular weight excluding hydrogens is 499 g/mol. The molecule has 0 spiro atoms. The van der Waals surface area contributed by atoms with E-state index >= 15 is 0 Å². The number of hydrogen-bond donors (Lipinski definition) is 1. The van der Waals surface area contributed by atoms with E-state index in [1.165, 1.54) is 0 Å². The van der Waals surface area contributed by atoms with Crippen LogP contribution in [0.2, 0.25) is 0 Å². The molecule has 1 amide bonds. The van der Waals surface area contributed by atoms with Crippen LogP contribution >= 0.6 is 24.0 Å². The van der Waals surface area contributed by atoms with Crippen molar-refractivity contribution in [2.75, 3.05) is 46.4 Å². The van der Waals surface area contributed by atoms with E-state index in [2.05, 4.69) is 15.2 Å². The Labute approximate surface area is 196 Å². The second-order valence-corrected chi connectivity index (χ2v) is 8.27. The number of nitrogens with one attached hydrogen (secondary N) is 1. The number of halogens is 1. The Morgan fingerprint density at radius 3 is 2.63 bits per heavy atom. The highest BCUT2D eigenvalue weighted by Crippen LogP contribution is 2.18. The second kappa shape index (κ2) is 11.0. The number of carbonyl (C=O) groups is 1. The SMILES string of the molecule is COc1ccc(COCCNC2=NCC3CN(C(=O)OC(C)(C)C)CCN23)cc1.I. The second-order valence-electron chi connectivity index (χ2n) is 8.27. The Hall–Kier alpha value is -1.75. The van der Waals surface area contributed by atoms with Crippen molar-refractivity contribution in [3.63, 3.8) is 0 Å². The number of piperazine rings is 1. The lowest BCUT2D eigenvalue weighted by molar-refractivity contribution is 0.0137. The minimum absolute atomic E-state index is 0. The molecule has 9 heteroatoms. The third-order valence-electron chi connectivity index (χ3n) is 4.82. The Kier molecular flexibility index (Phi) is 9.02. The molecule has 1 fully saturated rings. The number of fused-ring (bicyclic) bond motifs is 1. The summed E-state index contributed by atoms with van der Waals surface area (Å²) in [5, 5.41) is 3.36. The molecule has 1 unspecified atom stereocenters. The van der Waals surface area contributed by atoms with Crippen LogP contribution in [0.25, 0.3) is 0 Å². The van der Waals surface area contributed by atoms with E-state index < -0.39 is 5.60 Å². The minimum Gasteiger partial charge on any atom is -0.497 e. The third kappa shape index (κ3) is 6.90. The Morgan fingerprint density at radius 1 is 1.23 bits per heavy atom. The number of ether oxygens (including phenoxy) is 3. The number of nitrogens with zero attached hydrogens (tertiary/aromatic N) is 3. The Bertz CT molecular complexity index is 721. The topological polar surface area (TPSA) is 75.6 Å². The number of carbonyl (C=O) groups excluding carboxylic acids is 1. The van der Waals surface area contributed by atoms with Crippen LogP contribution in [0.3, 0.4) is 0 Å². The van der Waals surface area contributed by atoms with Crippen molar-refractivity contribution in [3.05, 3.63) is 29.8 Å². The molecule has 1 aromatic carbocycles. The van der Waals surface area contributed by atoms with Gasteiger partial charge in [-0.2, -0.15) is 0 Å². The normalized spacial score (nSPS) is 18.3. The van der Waals surface area contributed by atoms with E-state index in [1.54, 1.807) is 12.0 Å². The van der Waals surface area contributed by atoms with E-state index in [9.17, 15) is 4.79 Å². The van der Waals surface area contributed by atoms with Crippen molar-refractivity contribution < 1.29 is 19.0 Å². The van der Waals surface area contributed by atoms with E-state index in [-0.39, 0.29) is 36.1 Å². The third-order valence-corrected chi connectivity index (χ3v) is 4.82. The zero-order chi connectivity index (χ0) is 20.9. The molecule has 0 aromatic heterocycles. The van der Waals surface area contributed by atoms with Gasteiger partial charge in [-0.15, -0.1) is 24.0 Å². The molecule has 0 bridgehead atoms. The first-order valence-corrected chi connectivity index (χ1v) is 10.1. The van der Waals surface area contributed by atoms with Gasteiger partial charge in [-0.3, -0.25) is 4.99 Å². The number of rotatable bonds is 6. The van der Waals surface area contributed by atoms with Gasteiger partial charge in [0.05, 0.1) is 32.9 Å². The average Bonchev–Trinajstić information content (AvgIpc) is 3.09. The smallest absolute Gasteiger partial charge is 0.410 e. The van der Waals surface area contributed by atoms with Gasteiger partial charge >= 0.3 is 6.09 Å². The molecule has 3 rings (SSSR count). The largest absolute Gasteiger partial charge is 0.497 e. The summed E-state index contributed by atoms with van der Waals surface area (Å²) in [6, 6.07) is 8.08. The molecular formula is C21H33IN4O4. The number of methoxy groups -OCH3 is 1. The van der Waals surface area contributed by atoms with Gasteiger partial charge in [0.2, 0.25) is 0 Å². The summed E-state index contributed by atoms with van der Waals surface area (Å²) in [7, 11) is 1.66. The van der Waals surface area contributed by atoms with E-state index in [0.29, 0.717) is 39.4 Å².